The number of cyclic esters (lactones) is 1. The molecule has 1 rings (SSSR count). The van der Waals surface area contributed by atoms with Crippen molar-refractivity contribution < 1.29 is 23.5 Å². The summed E-state index contributed by atoms with van der Waals surface area (Å²) in [6.07, 6.45) is -1.22. The molecular formula is C17H33NO5Si. The first-order valence-electron chi connectivity index (χ1n) is 8.61. The number of hydrogen-bond donors (Lipinski definition) is 0. The number of amides is 1. The summed E-state index contributed by atoms with van der Waals surface area (Å²) >= 11 is 0. The molecule has 1 fully saturated rings. The number of esters is 1. The Labute approximate surface area is 147 Å². The fourth-order valence-corrected chi connectivity index (χ4v) is 4.13. The predicted octanol–water partition coefficient (Wildman–Crippen LogP) is 3.42. The molecule has 1 amide bonds. The van der Waals surface area contributed by atoms with Crippen LogP contribution < -0.4 is 0 Å². The minimum Gasteiger partial charge on any atom is -0.466 e. The van der Waals surface area contributed by atoms with Gasteiger partial charge in [-0.25, -0.2) is 4.79 Å². The van der Waals surface area contributed by atoms with Gasteiger partial charge in [0.05, 0.1) is 24.7 Å². The number of likely N-dealkylation sites (N-methyl/N-ethyl adjacent to an activating group) is 1. The van der Waals surface area contributed by atoms with Crippen LogP contribution in [-0.4, -0.2) is 57.2 Å². The molecule has 6 nitrogen and oxygen atoms in total. The number of nitrogens with zero attached hydrogens (tertiary/aromatic N) is 1. The van der Waals surface area contributed by atoms with E-state index in [1.54, 1.807) is 20.9 Å². The third-order valence-corrected chi connectivity index (χ3v) is 9.80. The Morgan fingerprint density at radius 3 is 2.33 bits per heavy atom. The normalized spacial score (nSPS) is 24.5. The maximum Gasteiger partial charge on any atom is 0.410 e. The third kappa shape index (κ3) is 4.30. The Kier molecular flexibility index (Phi) is 6.49. The minimum absolute atomic E-state index is 0.0611. The van der Waals surface area contributed by atoms with E-state index in [1.807, 2.05) is 6.92 Å². The minimum atomic E-state index is -2.00. The Hall–Kier alpha value is -1.08. The van der Waals surface area contributed by atoms with Crippen LogP contribution in [0.4, 0.5) is 4.79 Å². The average Bonchev–Trinajstić information content (AvgIpc) is 2.72. The van der Waals surface area contributed by atoms with E-state index in [2.05, 4.69) is 33.9 Å². The van der Waals surface area contributed by atoms with E-state index in [-0.39, 0.29) is 23.2 Å². The second kappa shape index (κ2) is 7.43. The van der Waals surface area contributed by atoms with Gasteiger partial charge in [0.2, 0.25) is 0 Å². The maximum atomic E-state index is 12.1. The third-order valence-electron chi connectivity index (χ3n) is 5.23. The molecule has 0 N–H and O–H groups in total. The summed E-state index contributed by atoms with van der Waals surface area (Å²) < 4.78 is 17.0. The van der Waals surface area contributed by atoms with E-state index in [0.29, 0.717) is 6.61 Å². The predicted molar refractivity (Wildman–Crippen MR) is 95.4 cm³/mol. The summed E-state index contributed by atoms with van der Waals surface area (Å²) in [5.41, 5.74) is 0. The van der Waals surface area contributed by atoms with E-state index in [0.717, 1.165) is 0 Å². The molecule has 140 valence electrons. The lowest BCUT2D eigenvalue weighted by Gasteiger charge is -2.41. The molecule has 1 heterocycles. The number of carbonyl (C=O) groups is 2. The topological polar surface area (TPSA) is 65.1 Å². The first-order chi connectivity index (χ1) is 10.8. The van der Waals surface area contributed by atoms with Gasteiger partial charge in [0.25, 0.3) is 0 Å². The second-order valence-electron chi connectivity index (χ2n) is 8.07. The quantitative estimate of drug-likeness (QED) is 0.537. The Balaban J connectivity index is 2.99. The van der Waals surface area contributed by atoms with Gasteiger partial charge in [-0.15, -0.1) is 0 Å². The number of ether oxygens (including phenoxy) is 2. The molecule has 0 radical (unpaired) electrons. The van der Waals surface area contributed by atoms with Crippen molar-refractivity contribution in [1.29, 1.82) is 0 Å². The standard InChI is InChI=1S/C17H33NO5Si/c1-10-21-15(19)11(2)14-13(18(7)16(20)22-14)12(3)23-24(8,9)17(4,5)6/h11-14H,10H2,1-9H3/t11-,12+,13+,14-/m0/s1. The molecule has 24 heavy (non-hydrogen) atoms. The average molecular weight is 360 g/mol. The van der Waals surface area contributed by atoms with Crippen LogP contribution in [0.5, 0.6) is 0 Å². The van der Waals surface area contributed by atoms with Crippen LogP contribution in [-0.2, 0) is 18.7 Å². The zero-order valence-corrected chi connectivity index (χ0v) is 17.5. The molecule has 0 aromatic rings. The summed E-state index contributed by atoms with van der Waals surface area (Å²) in [5.74, 6) is -0.885. The van der Waals surface area contributed by atoms with E-state index in [1.165, 1.54) is 4.90 Å². The van der Waals surface area contributed by atoms with Gasteiger partial charge < -0.3 is 18.8 Å². The molecule has 0 saturated carbocycles. The summed E-state index contributed by atoms with van der Waals surface area (Å²) in [6, 6.07) is -0.314. The molecule has 1 aliphatic rings. The van der Waals surface area contributed by atoms with E-state index < -0.39 is 26.4 Å². The van der Waals surface area contributed by atoms with Crippen LogP contribution >= 0.6 is 0 Å². The van der Waals surface area contributed by atoms with Crippen LogP contribution in [0, 0.1) is 5.92 Å². The summed E-state index contributed by atoms with van der Waals surface area (Å²) in [7, 11) is -0.313. The van der Waals surface area contributed by atoms with Gasteiger partial charge in [-0.3, -0.25) is 4.79 Å². The molecule has 4 atom stereocenters. The highest BCUT2D eigenvalue weighted by Crippen LogP contribution is 2.39. The van der Waals surface area contributed by atoms with Crippen molar-refractivity contribution in [3.63, 3.8) is 0 Å². The van der Waals surface area contributed by atoms with Gasteiger partial charge in [-0.05, 0) is 38.9 Å². The van der Waals surface area contributed by atoms with E-state index >= 15 is 0 Å². The molecule has 0 aromatic heterocycles. The number of carbonyl (C=O) groups excluding carboxylic acids is 2. The zero-order chi connectivity index (χ0) is 18.9. The SMILES string of the molecule is CCOC(=O)[C@@H](C)[C@@H]1OC(=O)N(C)[C@@H]1[C@@H](C)O[Si](C)(C)C(C)(C)C. The van der Waals surface area contributed by atoms with Crippen LogP contribution in [0.2, 0.25) is 18.1 Å². The smallest absolute Gasteiger partial charge is 0.410 e. The van der Waals surface area contributed by atoms with E-state index in [4.69, 9.17) is 13.9 Å². The highest BCUT2D eigenvalue weighted by Gasteiger charge is 2.50. The van der Waals surface area contributed by atoms with Crippen LogP contribution in [0.1, 0.15) is 41.5 Å². The molecule has 0 unspecified atom stereocenters. The lowest BCUT2D eigenvalue weighted by atomic mass is 9.94. The maximum absolute atomic E-state index is 12.1. The van der Waals surface area contributed by atoms with Crippen molar-refractivity contribution >= 4 is 20.4 Å². The Morgan fingerprint density at radius 2 is 1.88 bits per heavy atom. The summed E-state index contributed by atoms with van der Waals surface area (Å²) in [4.78, 5) is 25.7. The summed E-state index contributed by atoms with van der Waals surface area (Å²) in [5, 5.41) is 0.0611. The molecule has 1 saturated heterocycles. The molecule has 7 heteroatoms. The van der Waals surface area contributed by atoms with E-state index in [9.17, 15) is 9.59 Å². The van der Waals surface area contributed by atoms with Crippen molar-refractivity contribution in [3.8, 4) is 0 Å². The highest BCUT2D eigenvalue weighted by molar-refractivity contribution is 6.74. The first-order valence-corrected chi connectivity index (χ1v) is 11.5. The van der Waals surface area contributed by atoms with Crippen LogP contribution in [0.15, 0.2) is 0 Å². The zero-order valence-electron chi connectivity index (χ0n) is 16.5. The van der Waals surface area contributed by atoms with Gasteiger partial charge in [-0.2, -0.15) is 0 Å². The van der Waals surface area contributed by atoms with Gasteiger partial charge in [0.15, 0.2) is 8.32 Å². The fraction of sp³-hybridized carbons (Fsp3) is 0.882. The largest absolute Gasteiger partial charge is 0.466 e. The van der Waals surface area contributed by atoms with Crippen LogP contribution in [0.3, 0.4) is 0 Å². The lowest BCUT2D eigenvalue weighted by molar-refractivity contribution is -0.151. The molecule has 0 spiro atoms. The second-order valence-corrected chi connectivity index (χ2v) is 12.8. The number of rotatable bonds is 6. The summed E-state index contributed by atoms with van der Waals surface area (Å²) in [6.45, 7) is 16.6. The van der Waals surface area contributed by atoms with Gasteiger partial charge in [0, 0.05) is 7.05 Å². The Bertz CT molecular complexity index is 474. The van der Waals surface area contributed by atoms with Crippen molar-refractivity contribution in [2.75, 3.05) is 13.7 Å². The first kappa shape index (κ1) is 21.0. The van der Waals surface area contributed by atoms with Crippen LogP contribution in [0.25, 0.3) is 0 Å². The fourth-order valence-electron chi connectivity index (χ4n) is 2.71. The van der Waals surface area contributed by atoms with Gasteiger partial charge in [-0.1, -0.05) is 20.8 Å². The van der Waals surface area contributed by atoms with Crippen molar-refractivity contribution in [2.45, 2.75) is 77.9 Å². The Morgan fingerprint density at radius 1 is 1.33 bits per heavy atom. The van der Waals surface area contributed by atoms with Gasteiger partial charge >= 0.3 is 12.1 Å². The van der Waals surface area contributed by atoms with Crippen molar-refractivity contribution in [3.05, 3.63) is 0 Å². The molecule has 0 aliphatic carbocycles. The lowest BCUT2D eigenvalue weighted by Crippen LogP contribution is -2.52. The van der Waals surface area contributed by atoms with Crippen molar-refractivity contribution in [2.24, 2.45) is 5.92 Å². The molecule has 0 aromatic carbocycles. The van der Waals surface area contributed by atoms with Crippen molar-refractivity contribution in [1.82, 2.24) is 4.90 Å². The molecule has 1 aliphatic heterocycles. The molecular weight excluding hydrogens is 326 g/mol. The molecule has 0 bridgehead atoms. The van der Waals surface area contributed by atoms with Gasteiger partial charge in [0.1, 0.15) is 6.10 Å². The monoisotopic (exact) mass is 359 g/mol. The number of hydrogen-bond acceptors (Lipinski definition) is 5. The highest BCUT2D eigenvalue weighted by atomic mass is 28.4.